The number of nitrogens with zero attached hydrogens (tertiary/aromatic N) is 4. The van der Waals surface area contributed by atoms with Crippen LogP contribution in [-0.2, 0) is 19.6 Å². The maximum Gasteiger partial charge on any atom is 0.371 e. The maximum atomic E-state index is 13.3. The van der Waals surface area contributed by atoms with Gasteiger partial charge >= 0.3 is 5.96 Å². The van der Waals surface area contributed by atoms with Gasteiger partial charge < -0.3 is 15.0 Å². The molecule has 15 heteroatoms. The van der Waals surface area contributed by atoms with Crippen LogP contribution in [0.1, 0.15) is 33.6 Å². The molecule has 2 atom stereocenters. The number of fused-ring (bicyclic) bond motifs is 1. The molecule has 3 rings (SSSR count). The monoisotopic (exact) mass is 581 g/mol. The number of nitroso groups, excluding NO2 is 1. The van der Waals surface area contributed by atoms with Crippen molar-refractivity contribution in [2.75, 3.05) is 19.6 Å². The summed E-state index contributed by atoms with van der Waals surface area (Å²) in [5.41, 5.74) is 5.38. The second-order valence-electron chi connectivity index (χ2n) is 9.47. The van der Waals surface area contributed by atoms with Crippen molar-refractivity contribution in [2.45, 2.75) is 56.6 Å². The smallest absolute Gasteiger partial charge is 0.371 e. The molecule has 0 aliphatic carbocycles. The van der Waals surface area contributed by atoms with Crippen LogP contribution in [-0.4, -0.2) is 78.6 Å². The Hall–Kier alpha value is -3.49. The minimum atomic E-state index is -4.00. The Morgan fingerprint density at radius 2 is 1.92 bits per heavy atom. The fraction of sp³-hybridized carbons (Fsp3) is 0.458. The predicted molar refractivity (Wildman–Crippen MR) is 147 cm³/mol. The van der Waals surface area contributed by atoms with Crippen molar-refractivity contribution in [1.82, 2.24) is 19.8 Å². The lowest BCUT2D eigenvalue weighted by molar-refractivity contribution is -0.468. The summed E-state index contributed by atoms with van der Waals surface area (Å²) < 4.78 is 28.6. The molecule has 4 N–H and O–H groups in total. The summed E-state index contributed by atoms with van der Waals surface area (Å²) in [4.78, 5) is 39.3. The Balaban J connectivity index is 1.63. The molecule has 0 aromatic heterocycles. The van der Waals surface area contributed by atoms with Crippen LogP contribution in [0.5, 0.6) is 0 Å². The highest BCUT2D eigenvalue weighted by Gasteiger charge is 2.40. The summed E-state index contributed by atoms with van der Waals surface area (Å²) in [7, 11) is -4.00. The number of carbonyl (C=O) groups excluding carboxylic acids is 2. The number of hydrogen-bond donors (Lipinski definition) is 3. The van der Waals surface area contributed by atoms with Crippen molar-refractivity contribution in [1.29, 1.82) is 0 Å². The van der Waals surface area contributed by atoms with E-state index in [1.54, 1.807) is 36.1 Å². The van der Waals surface area contributed by atoms with E-state index in [4.69, 9.17) is 17.3 Å². The fourth-order valence-corrected chi connectivity index (χ4v) is 5.83. The van der Waals surface area contributed by atoms with Gasteiger partial charge in [0.15, 0.2) is 0 Å². The van der Waals surface area contributed by atoms with Crippen molar-refractivity contribution in [3.05, 3.63) is 51.5 Å². The highest BCUT2D eigenvalue weighted by Crippen LogP contribution is 2.24. The van der Waals surface area contributed by atoms with Gasteiger partial charge in [0.2, 0.25) is 21.8 Å². The zero-order chi connectivity index (χ0) is 28.9. The second kappa shape index (κ2) is 12.6. The number of nitrogens with two attached hydrogens (primary N) is 1. The van der Waals surface area contributed by atoms with Gasteiger partial charge in [-0.1, -0.05) is 23.7 Å². The first-order valence-electron chi connectivity index (χ1n) is 12.3. The Morgan fingerprint density at radius 1 is 1.26 bits per heavy atom. The Kier molecular flexibility index (Phi) is 9.69. The van der Waals surface area contributed by atoms with Crippen molar-refractivity contribution in [3.8, 4) is 0 Å². The van der Waals surface area contributed by atoms with E-state index in [0.717, 1.165) is 5.39 Å². The van der Waals surface area contributed by atoms with Crippen LogP contribution >= 0.6 is 11.6 Å². The summed E-state index contributed by atoms with van der Waals surface area (Å²) in [6.07, 6.45) is 0.619. The molecule has 2 aromatic carbocycles. The Morgan fingerprint density at radius 3 is 2.59 bits per heavy atom. The van der Waals surface area contributed by atoms with E-state index in [-0.39, 0.29) is 41.2 Å². The van der Waals surface area contributed by atoms with Gasteiger partial charge in [0, 0.05) is 24.2 Å². The van der Waals surface area contributed by atoms with Gasteiger partial charge in [-0.25, -0.2) is 8.42 Å². The van der Waals surface area contributed by atoms with E-state index in [1.807, 2.05) is 13.8 Å². The van der Waals surface area contributed by atoms with Crippen LogP contribution in [0.25, 0.3) is 10.8 Å². The number of hydrogen-bond acceptors (Lipinski definition) is 7. The molecule has 1 aliphatic rings. The maximum absolute atomic E-state index is 13.3. The molecule has 2 amide bonds. The van der Waals surface area contributed by atoms with E-state index < -0.39 is 34.0 Å². The quantitative estimate of drug-likeness (QED) is 0.0678. The molecule has 39 heavy (non-hydrogen) atoms. The minimum Gasteiger partial charge on any atom is -0.719 e. The average molecular weight is 582 g/mol. The first-order chi connectivity index (χ1) is 18.4. The zero-order valence-corrected chi connectivity index (χ0v) is 23.4. The van der Waals surface area contributed by atoms with Crippen LogP contribution in [0.15, 0.2) is 46.6 Å². The van der Waals surface area contributed by atoms with Crippen molar-refractivity contribution >= 4 is 50.2 Å². The molecule has 1 aliphatic heterocycles. The molecular weight excluding hydrogens is 550 g/mol. The average Bonchev–Trinajstić information content (AvgIpc) is 3.25. The number of likely N-dealkylation sites (tertiary alicyclic amines) is 1. The summed E-state index contributed by atoms with van der Waals surface area (Å²) in [6, 6.07) is 7.73. The van der Waals surface area contributed by atoms with E-state index in [2.05, 4.69) is 15.3 Å². The third-order valence-electron chi connectivity index (χ3n) is 6.51. The third kappa shape index (κ3) is 7.13. The van der Waals surface area contributed by atoms with E-state index in [9.17, 15) is 28.1 Å². The van der Waals surface area contributed by atoms with Crippen LogP contribution < -0.4 is 15.8 Å². The summed E-state index contributed by atoms with van der Waals surface area (Å²) in [5.74, 6) is -1.23. The van der Waals surface area contributed by atoms with Gasteiger partial charge in [-0.3, -0.25) is 20.6 Å². The number of amides is 2. The first kappa shape index (κ1) is 30.1. The Bertz CT molecular complexity index is 1380. The van der Waals surface area contributed by atoms with Crippen LogP contribution in [0, 0.1) is 10.1 Å². The van der Waals surface area contributed by atoms with Gasteiger partial charge in [0.1, 0.15) is 17.4 Å². The molecule has 0 radical (unpaired) electrons. The summed E-state index contributed by atoms with van der Waals surface area (Å²) >= 11 is 6.00. The van der Waals surface area contributed by atoms with E-state index >= 15 is 0 Å². The highest BCUT2D eigenvalue weighted by molar-refractivity contribution is 7.89. The number of benzene rings is 2. The molecule has 13 nitrogen and oxygen atoms in total. The normalized spacial score (nSPS) is 17.3. The lowest BCUT2D eigenvalue weighted by Crippen LogP contribution is -2.52. The van der Waals surface area contributed by atoms with Gasteiger partial charge in [0.05, 0.1) is 11.4 Å². The first-order valence-corrected chi connectivity index (χ1v) is 14.2. The molecule has 1 saturated heterocycles. The number of carbonyl (C=O) groups is 2. The molecule has 0 spiro atoms. The number of sulfonamides is 1. The number of guanidine groups is 1. The lowest BCUT2D eigenvalue weighted by atomic mass is 10.1. The van der Waals surface area contributed by atoms with Crippen LogP contribution in [0.3, 0.4) is 0 Å². The number of halogens is 1. The van der Waals surface area contributed by atoms with Crippen molar-refractivity contribution in [3.63, 3.8) is 0 Å². The minimum absolute atomic E-state index is 0.0224. The molecule has 1 heterocycles. The lowest BCUT2D eigenvalue weighted by Gasteiger charge is -2.33. The predicted octanol–water partition coefficient (Wildman–Crippen LogP) is 1.48. The second-order valence-corrected chi connectivity index (χ2v) is 11.6. The molecule has 2 aromatic rings. The fourth-order valence-electron chi connectivity index (χ4n) is 4.39. The molecule has 1 fully saturated rings. The SMILES string of the molecule is CC(C)N(CCCN/C(N)=[N+](\[O-])N=O)C(=O)[C@H](C)N1CC[C@H](NS(=O)(=O)c2ccc3cc(Cl)ccc3c2)C1=O. The standard InChI is InChI=1S/C24H32ClN7O6S/c1-15(2)30(11-4-10-27-24(26)32(36)29-35)22(33)16(3)31-12-9-21(23(31)34)28-39(37,38)20-8-6-17-13-19(25)7-5-18(17)14-20/h5-8,13-16,21,27-28H,4,9-12,26H2,1-3H3/b32-24-/t16-,21-/m0/s1. The zero-order valence-electron chi connectivity index (χ0n) is 21.8. The van der Waals surface area contributed by atoms with Crippen molar-refractivity contribution < 1.29 is 22.9 Å². The van der Waals surface area contributed by atoms with Gasteiger partial charge in [-0.2, -0.15) is 4.72 Å². The molecule has 0 bridgehead atoms. The van der Waals surface area contributed by atoms with Crippen LogP contribution in [0.2, 0.25) is 5.02 Å². The Labute approximate surface area is 231 Å². The molecule has 212 valence electrons. The third-order valence-corrected chi connectivity index (χ3v) is 8.22. The van der Waals surface area contributed by atoms with Crippen LogP contribution in [0.4, 0.5) is 0 Å². The number of rotatable bonds is 11. The molecule has 0 unspecified atom stereocenters. The van der Waals surface area contributed by atoms with Gasteiger partial charge in [-0.05, 0) is 68.7 Å². The number of nitrogens with one attached hydrogen (secondary N) is 2. The van der Waals surface area contributed by atoms with E-state index in [0.29, 0.717) is 23.4 Å². The summed E-state index contributed by atoms with van der Waals surface area (Å²) in [5, 5.41) is 17.8. The highest BCUT2D eigenvalue weighted by atomic mass is 35.5. The van der Waals surface area contributed by atoms with E-state index in [1.165, 1.54) is 17.0 Å². The largest absolute Gasteiger partial charge is 0.719 e. The molecule has 0 saturated carbocycles. The van der Waals surface area contributed by atoms with Gasteiger partial charge in [-0.15, -0.1) is 9.75 Å². The van der Waals surface area contributed by atoms with Gasteiger partial charge in [0.25, 0.3) is 0 Å². The molecular formula is C24H32ClN7O6S. The van der Waals surface area contributed by atoms with Crippen molar-refractivity contribution in [2.24, 2.45) is 11.0 Å². The summed E-state index contributed by atoms with van der Waals surface area (Å²) in [6.45, 7) is 5.98. The topological polar surface area (TPSA) is 180 Å².